The van der Waals surface area contributed by atoms with Crippen molar-refractivity contribution in [1.82, 2.24) is 0 Å². The van der Waals surface area contributed by atoms with E-state index in [1.807, 2.05) is 60.7 Å². The van der Waals surface area contributed by atoms with Gasteiger partial charge in [0.05, 0.1) is 0 Å². The van der Waals surface area contributed by atoms with Crippen molar-refractivity contribution >= 4 is 45.3 Å². The van der Waals surface area contributed by atoms with Gasteiger partial charge in [0.1, 0.15) is 0 Å². The lowest BCUT2D eigenvalue weighted by atomic mass is 9.96. The fourth-order valence-electron chi connectivity index (χ4n) is 5.13. The van der Waals surface area contributed by atoms with Crippen molar-refractivity contribution in [1.29, 1.82) is 0 Å². The maximum Gasteiger partial charge on any atom is 0.187 e. The lowest BCUT2D eigenvalue weighted by Crippen LogP contribution is -2.18. The van der Waals surface area contributed by atoms with Crippen molar-refractivity contribution in [3.63, 3.8) is 0 Å². The van der Waals surface area contributed by atoms with E-state index in [1.165, 1.54) is 26.4 Å². The van der Waals surface area contributed by atoms with E-state index in [4.69, 9.17) is 0 Å². The second-order valence-electron chi connectivity index (χ2n) is 8.86. The van der Waals surface area contributed by atoms with Gasteiger partial charge in [-0.1, -0.05) is 103 Å². The number of rotatable bonds is 1. The van der Waals surface area contributed by atoms with Crippen LogP contribution >= 0.6 is 0 Å². The molecule has 2 aliphatic rings. The van der Waals surface area contributed by atoms with Gasteiger partial charge in [-0.15, -0.1) is 0 Å². The van der Waals surface area contributed by atoms with E-state index in [0.29, 0.717) is 0 Å². The molecule has 2 heteroatoms. The normalized spacial score (nSPS) is 12.7. The summed E-state index contributed by atoms with van der Waals surface area (Å²) < 4.78 is 0. The maximum atomic E-state index is 12.1. The first kappa shape index (κ1) is 21.0. The molecule has 35 heavy (non-hydrogen) atoms. The van der Waals surface area contributed by atoms with E-state index < -0.39 is 0 Å². The van der Waals surface area contributed by atoms with Crippen LogP contribution in [0.3, 0.4) is 0 Å². The molecule has 0 N–H and O–H groups in total. The highest BCUT2D eigenvalue weighted by Crippen LogP contribution is 2.27. The number of fused-ring (bicyclic) bond motifs is 7. The van der Waals surface area contributed by atoms with Crippen molar-refractivity contribution < 1.29 is 9.59 Å². The van der Waals surface area contributed by atoms with Gasteiger partial charge in [-0.2, -0.15) is 0 Å². The van der Waals surface area contributed by atoms with E-state index in [0.717, 1.165) is 32.7 Å². The van der Waals surface area contributed by atoms with Crippen molar-refractivity contribution in [3.8, 4) is 0 Å². The lowest BCUT2D eigenvalue weighted by molar-refractivity contribution is 0.101. The van der Waals surface area contributed by atoms with E-state index in [-0.39, 0.29) is 11.6 Å². The highest BCUT2D eigenvalue weighted by atomic mass is 16.1. The Morgan fingerprint density at radius 2 is 1.46 bits per heavy atom. The number of hydrogen-bond donors (Lipinski definition) is 0. The summed E-state index contributed by atoms with van der Waals surface area (Å²) in [5, 5.41) is 9.20. The van der Waals surface area contributed by atoms with Crippen LogP contribution in [-0.4, -0.2) is 11.6 Å². The monoisotopic (exact) mass is 450 g/mol. The number of allylic oxidation sites excluding steroid dienone is 2. The highest BCUT2D eigenvalue weighted by Gasteiger charge is 2.15. The molecule has 2 aliphatic carbocycles. The smallest absolute Gasteiger partial charge is 0.187 e. The molecular weight excluding hydrogens is 428 g/mol. The lowest BCUT2D eigenvalue weighted by Gasteiger charge is -2.06. The molecule has 5 aromatic rings. The van der Waals surface area contributed by atoms with Crippen molar-refractivity contribution in [2.24, 2.45) is 0 Å². The fourth-order valence-corrected chi connectivity index (χ4v) is 5.13. The van der Waals surface area contributed by atoms with Gasteiger partial charge >= 0.3 is 0 Å². The average Bonchev–Trinajstić information content (AvgIpc) is 3.27. The Hall–Kier alpha value is -4.56. The quantitative estimate of drug-likeness (QED) is 0.233. The second kappa shape index (κ2) is 8.34. The Labute approximate surface area is 202 Å². The minimum Gasteiger partial charge on any atom is -0.294 e. The van der Waals surface area contributed by atoms with Crippen LogP contribution in [0.5, 0.6) is 0 Å². The Balaban J connectivity index is 0.000000131. The van der Waals surface area contributed by atoms with Gasteiger partial charge in [0.25, 0.3) is 0 Å². The predicted molar refractivity (Wildman–Crippen MR) is 143 cm³/mol. The van der Waals surface area contributed by atoms with Crippen LogP contribution in [0.15, 0.2) is 103 Å². The Bertz CT molecular complexity index is 1940. The van der Waals surface area contributed by atoms with Gasteiger partial charge in [0, 0.05) is 11.1 Å². The highest BCUT2D eigenvalue weighted by molar-refractivity contribution is 6.15. The minimum atomic E-state index is 0.105. The van der Waals surface area contributed by atoms with Gasteiger partial charge < -0.3 is 0 Å². The summed E-state index contributed by atoms with van der Waals surface area (Å²) >= 11 is 0. The first-order valence-electron chi connectivity index (χ1n) is 11.7. The SMILES string of the molecule is CC(=O)c1cccc2c1ccc1ccccc12.O=C1C=CC=c2ccc3c(c21)C=c1ccccc1=3. The minimum absolute atomic E-state index is 0.105. The summed E-state index contributed by atoms with van der Waals surface area (Å²) in [7, 11) is 0. The van der Waals surface area contributed by atoms with Crippen molar-refractivity contribution in [2.45, 2.75) is 6.92 Å². The molecule has 0 amide bonds. The third-order valence-electron chi connectivity index (χ3n) is 6.76. The predicted octanol–water partition coefficient (Wildman–Crippen LogP) is 5.84. The third kappa shape index (κ3) is 3.51. The zero-order valence-corrected chi connectivity index (χ0v) is 19.3. The van der Waals surface area contributed by atoms with Gasteiger partial charge in [0.15, 0.2) is 11.6 Å². The Morgan fingerprint density at radius 1 is 0.657 bits per heavy atom. The van der Waals surface area contributed by atoms with Gasteiger partial charge in [-0.05, 0) is 67.1 Å². The van der Waals surface area contributed by atoms with Crippen LogP contribution in [0.25, 0.3) is 33.7 Å². The van der Waals surface area contributed by atoms with E-state index >= 15 is 0 Å². The van der Waals surface area contributed by atoms with Crippen LogP contribution in [0.1, 0.15) is 33.2 Å². The zero-order valence-electron chi connectivity index (χ0n) is 19.3. The van der Waals surface area contributed by atoms with Gasteiger partial charge in [-0.3, -0.25) is 9.59 Å². The fraction of sp³-hybridized carbons (Fsp3) is 0.0303. The zero-order chi connectivity index (χ0) is 23.9. The molecular formula is C33H22O2. The molecule has 0 saturated heterocycles. The summed E-state index contributed by atoms with van der Waals surface area (Å²) in [6.45, 7) is 1.62. The van der Waals surface area contributed by atoms with E-state index in [9.17, 15) is 9.59 Å². The number of hydrogen-bond acceptors (Lipinski definition) is 2. The first-order valence-corrected chi connectivity index (χ1v) is 11.7. The molecule has 166 valence electrons. The first-order chi connectivity index (χ1) is 17.1. The molecule has 0 aromatic heterocycles. The molecule has 0 unspecified atom stereocenters. The number of Topliss-reactive ketones (excluding diaryl/α,β-unsaturated/α-hetero) is 1. The van der Waals surface area contributed by atoms with Crippen LogP contribution in [0.2, 0.25) is 0 Å². The van der Waals surface area contributed by atoms with Crippen LogP contribution in [0, 0.1) is 10.4 Å². The largest absolute Gasteiger partial charge is 0.294 e. The van der Waals surface area contributed by atoms with Crippen LogP contribution < -0.4 is 10.4 Å². The third-order valence-corrected chi connectivity index (χ3v) is 6.76. The number of carbonyl (C=O) groups is 2. The summed E-state index contributed by atoms with van der Waals surface area (Å²) in [6, 6.07) is 30.7. The van der Waals surface area contributed by atoms with Crippen LogP contribution in [-0.2, 0) is 0 Å². The standard InChI is InChI=1S/C17H10O.C16H12O/c18-16-7-3-5-11-8-9-14-13-6-2-1-4-12(13)10-15(14)17(11)16;1-11(17)13-7-4-8-15-14-6-3-2-5-12(14)9-10-16(13)15/h1-10H;2-10H,1H3. The molecule has 2 nitrogen and oxygen atoms in total. The van der Waals surface area contributed by atoms with Crippen molar-refractivity contribution in [2.75, 3.05) is 0 Å². The average molecular weight is 451 g/mol. The van der Waals surface area contributed by atoms with Gasteiger partial charge in [-0.25, -0.2) is 0 Å². The Kier molecular flexibility index (Phi) is 5.00. The number of ketones is 2. The maximum absolute atomic E-state index is 12.1. The molecule has 5 aromatic carbocycles. The summed E-state index contributed by atoms with van der Waals surface area (Å²) in [5.74, 6) is 0.222. The number of benzene rings is 5. The molecule has 0 aliphatic heterocycles. The molecule has 0 atom stereocenters. The van der Waals surface area contributed by atoms with Crippen molar-refractivity contribution in [3.05, 3.63) is 141 Å². The van der Waals surface area contributed by atoms with E-state index in [2.05, 4.69) is 48.5 Å². The second-order valence-corrected chi connectivity index (χ2v) is 8.86. The van der Waals surface area contributed by atoms with Gasteiger partial charge in [0.2, 0.25) is 0 Å². The summed E-state index contributed by atoms with van der Waals surface area (Å²) in [4.78, 5) is 23.7. The summed E-state index contributed by atoms with van der Waals surface area (Å²) in [5.41, 5.74) is 2.71. The van der Waals surface area contributed by atoms with Crippen LogP contribution in [0.4, 0.5) is 0 Å². The molecule has 0 radical (unpaired) electrons. The molecule has 0 saturated carbocycles. The molecule has 0 fully saturated rings. The summed E-state index contributed by atoms with van der Waals surface area (Å²) in [6.07, 6.45) is 7.57. The number of carbonyl (C=O) groups excluding carboxylic acids is 2. The topological polar surface area (TPSA) is 34.1 Å². The molecule has 0 spiro atoms. The van der Waals surface area contributed by atoms with E-state index in [1.54, 1.807) is 13.0 Å². The molecule has 0 heterocycles. The molecule has 7 rings (SSSR count). The molecule has 0 bridgehead atoms. The Morgan fingerprint density at radius 3 is 2.34 bits per heavy atom.